The molecule has 1 atom stereocenters. The van der Waals surface area contributed by atoms with Crippen molar-refractivity contribution in [1.82, 2.24) is 0 Å². The number of hydrogen-bond donors (Lipinski definition) is 0. The lowest BCUT2D eigenvalue weighted by Crippen LogP contribution is -2.13. The molecule has 4 aromatic rings. The Morgan fingerprint density at radius 1 is 0.595 bits per heavy atom. The first-order valence-electron chi connectivity index (χ1n) is 11.9. The zero-order valence-electron chi connectivity index (χ0n) is 21.0. The molecule has 6 heteroatoms. The third-order valence-corrected chi connectivity index (χ3v) is 5.91. The molecule has 1 unspecified atom stereocenters. The first-order chi connectivity index (χ1) is 17.9. The summed E-state index contributed by atoms with van der Waals surface area (Å²) >= 11 is 0. The maximum absolute atomic E-state index is 12.3. The number of hydrogen-bond acceptors (Lipinski definition) is 6. The highest BCUT2D eigenvalue weighted by Crippen LogP contribution is 2.27. The van der Waals surface area contributed by atoms with Crippen molar-refractivity contribution < 1.29 is 28.5 Å². The summed E-state index contributed by atoms with van der Waals surface area (Å²) < 4.78 is 20.9. The van der Waals surface area contributed by atoms with Crippen molar-refractivity contribution in [1.29, 1.82) is 0 Å². The van der Waals surface area contributed by atoms with Gasteiger partial charge in [-0.15, -0.1) is 0 Å². The van der Waals surface area contributed by atoms with E-state index >= 15 is 0 Å². The molecule has 188 valence electrons. The highest BCUT2D eigenvalue weighted by atomic mass is 16.7. The Morgan fingerprint density at radius 3 is 1.38 bits per heavy atom. The first-order valence-corrected chi connectivity index (χ1v) is 11.9. The lowest BCUT2D eigenvalue weighted by atomic mass is 9.93. The van der Waals surface area contributed by atoms with Crippen LogP contribution < -0.4 is 18.9 Å². The van der Waals surface area contributed by atoms with Gasteiger partial charge in [0.1, 0.15) is 23.0 Å². The van der Waals surface area contributed by atoms with Crippen LogP contribution in [-0.4, -0.2) is 19.2 Å². The van der Waals surface area contributed by atoms with Gasteiger partial charge in [-0.1, -0.05) is 55.5 Å². The summed E-state index contributed by atoms with van der Waals surface area (Å²) in [6, 6.07) is 29.9. The van der Waals surface area contributed by atoms with Gasteiger partial charge in [-0.05, 0) is 77.2 Å². The predicted molar refractivity (Wildman–Crippen MR) is 141 cm³/mol. The predicted octanol–water partition coefficient (Wildman–Crippen LogP) is 6.94. The van der Waals surface area contributed by atoms with E-state index in [1.165, 1.54) is 6.92 Å². The topological polar surface area (TPSA) is 71.1 Å². The second-order valence-electron chi connectivity index (χ2n) is 8.58. The summed E-state index contributed by atoms with van der Waals surface area (Å²) in [6.07, 6.45) is -0.114. The van der Waals surface area contributed by atoms with Crippen LogP contribution in [0.3, 0.4) is 0 Å². The minimum absolute atomic E-state index is 0.178. The van der Waals surface area contributed by atoms with Gasteiger partial charge in [0.2, 0.25) is 0 Å². The normalized spacial score (nSPS) is 11.3. The largest absolute Gasteiger partial charge is 0.519 e. The number of ether oxygens (including phenoxy) is 4. The highest BCUT2D eigenvalue weighted by molar-refractivity contribution is 5.69. The molecule has 0 aliphatic heterocycles. The van der Waals surface area contributed by atoms with Crippen LogP contribution in [0.5, 0.6) is 23.0 Å². The SMILES string of the molecule is COc1ccc(C(C)c2ccc(OC(=O)Oc3ccc(Cc4ccc(OC(C)=O)cc4)cc3)cc2)cc1. The number of methoxy groups -OCH3 is 1. The van der Waals surface area contributed by atoms with E-state index in [0.29, 0.717) is 23.7 Å². The van der Waals surface area contributed by atoms with Gasteiger partial charge in [0.25, 0.3) is 0 Å². The third-order valence-electron chi connectivity index (χ3n) is 5.91. The monoisotopic (exact) mass is 496 g/mol. The number of carbonyl (C=O) groups excluding carboxylic acids is 2. The van der Waals surface area contributed by atoms with Crippen molar-refractivity contribution in [3.05, 3.63) is 119 Å². The van der Waals surface area contributed by atoms with Crippen LogP contribution in [0, 0.1) is 0 Å². The molecule has 4 aromatic carbocycles. The Balaban J connectivity index is 1.29. The summed E-state index contributed by atoms with van der Waals surface area (Å²) in [4.78, 5) is 23.3. The molecule has 0 aromatic heterocycles. The van der Waals surface area contributed by atoms with E-state index in [1.807, 2.05) is 60.7 Å². The van der Waals surface area contributed by atoms with E-state index in [0.717, 1.165) is 28.0 Å². The van der Waals surface area contributed by atoms with E-state index in [9.17, 15) is 9.59 Å². The number of rotatable bonds is 8. The van der Waals surface area contributed by atoms with E-state index in [4.69, 9.17) is 18.9 Å². The molecule has 0 aliphatic carbocycles. The zero-order chi connectivity index (χ0) is 26.2. The Hall–Kier alpha value is -4.58. The van der Waals surface area contributed by atoms with Gasteiger partial charge < -0.3 is 18.9 Å². The average Bonchev–Trinajstić information content (AvgIpc) is 2.91. The summed E-state index contributed by atoms with van der Waals surface area (Å²) in [7, 11) is 1.65. The molecule has 0 spiro atoms. The minimum atomic E-state index is -0.801. The van der Waals surface area contributed by atoms with Crippen LogP contribution >= 0.6 is 0 Å². The molecule has 0 saturated carbocycles. The van der Waals surface area contributed by atoms with Crippen molar-refractivity contribution in [2.24, 2.45) is 0 Å². The lowest BCUT2D eigenvalue weighted by molar-refractivity contribution is -0.131. The smallest absolute Gasteiger partial charge is 0.497 e. The van der Waals surface area contributed by atoms with Crippen LogP contribution in [0.2, 0.25) is 0 Å². The molecular formula is C31H28O6. The highest BCUT2D eigenvalue weighted by Gasteiger charge is 2.12. The van der Waals surface area contributed by atoms with Crippen LogP contribution in [0.1, 0.15) is 42.0 Å². The summed E-state index contributed by atoms with van der Waals surface area (Å²) in [6.45, 7) is 3.49. The quantitative estimate of drug-likeness (QED) is 0.149. The van der Waals surface area contributed by atoms with Crippen LogP contribution in [0.4, 0.5) is 4.79 Å². The van der Waals surface area contributed by atoms with Gasteiger partial charge in [-0.3, -0.25) is 4.79 Å². The molecule has 37 heavy (non-hydrogen) atoms. The van der Waals surface area contributed by atoms with Crippen molar-refractivity contribution in [2.75, 3.05) is 7.11 Å². The van der Waals surface area contributed by atoms with Gasteiger partial charge in [0.15, 0.2) is 0 Å². The fourth-order valence-electron chi connectivity index (χ4n) is 3.88. The Morgan fingerprint density at radius 2 is 0.973 bits per heavy atom. The second-order valence-corrected chi connectivity index (χ2v) is 8.58. The second kappa shape index (κ2) is 11.9. The lowest BCUT2D eigenvalue weighted by Gasteiger charge is -2.14. The number of benzene rings is 4. The van der Waals surface area contributed by atoms with Crippen LogP contribution in [0.15, 0.2) is 97.1 Å². The van der Waals surface area contributed by atoms with Crippen molar-refractivity contribution in [3.8, 4) is 23.0 Å². The number of carbonyl (C=O) groups is 2. The van der Waals surface area contributed by atoms with Gasteiger partial charge in [0.05, 0.1) is 7.11 Å². The Kier molecular flexibility index (Phi) is 8.21. The van der Waals surface area contributed by atoms with Crippen molar-refractivity contribution in [3.63, 3.8) is 0 Å². The molecule has 0 bridgehead atoms. The molecule has 0 N–H and O–H groups in total. The summed E-state index contributed by atoms with van der Waals surface area (Å²) in [5.74, 6) is 1.96. The number of esters is 1. The molecule has 0 aliphatic rings. The van der Waals surface area contributed by atoms with Crippen LogP contribution in [-0.2, 0) is 11.2 Å². The fourth-order valence-corrected chi connectivity index (χ4v) is 3.88. The molecule has 0 fully saturated rings. The first kappa shape index (κ1) is 25.5. The molecule has 0 amide bonds. The van der Waals surface area contributed by atoms with E-state index < -0.39 is 6.16 Å². The molecule has 4 rings (SSSR count). The third kappa shape index (κ3) is 7.21. The Bertz CT molecular complexity index is 1320. The van der Waals surface area contributed by atoms with E-state index in [2.05, 4.69) is 6.92 Å². The summed E-state index contributed by atoms with van der Waals surface area (Å²) in [5, 5.41) is 0. The molecule has 0 saturated heterocycles. The van der Waals surface area contributed by atoms with Gasteiger partial charge in [-0.2, -0.15) is 0 Å². The Labute approximate surface area is 216 Å². The maximum atomic E-state index is 12.3. The maximum Gasteiger partial charge on any atom is 0.519 e. The molecule has 6 nitrogen and oxygen atoms in total. The van der Waals surface area contributed by atoms with Crippen LogP contribution in [0.25, 0.3) is 0 Å². The van der Waals surface area contributed by atoms with Gasteiger partial charge >= 0.3 is 12.1 Å². The standard InChI is InChI=1S/C31H28O6/c1-21(25-8-16-27(34-3)17-9-25)26-10-18-30(19-11-26)37-31(33)36-29-14-6-24(7-15-29)20-23-4-12-28(13-5-23)35-22(2)32/h4-19,21H,20H2,1-3H3. The minimum Gasteiger partial charge on any atom is -0.497 e. The molecule has 0 heterocycles. The van der Waals surface area contributed by atoms with Gasteiger partial charge in [-0.25, -0.2) is 4.79 Å². The van der Waals surface area contributed by atoms with E-state index in [1.54, 1.807) is 43.5 Å². The van der Waals surface area contributed by atoms with Crippen molar-refractivity contribution >= 4 is 12.1 Å². The fraction of sp³-hybridized carbons (Fsp3) is 0.161. The zero-order valence-corrected chi connectivity index (χ0v) is 21.0. The van der Waals surface area contributed by atoms with Crippen molar-refractivity contribution in [2.45, 2.75) is 26.2 Å². The average molecular weight is 497 g/mol. The molecule has 0 radical (unpaired) electrons. The summed E-state index contributed by atoms with van der Waals surface area (Å²) in [5.41, 5.74) is 4.37. The van der Waals surface area contributed by atoms with Gasteiger partial charge in [0, 0.05) is 12.8 Å². The van der Waals surface area contributed by atoms with E-state index in [-0.39, 0.29) is 11.9 Å². The molecular weight excluding hydrogens is 468 g/mol.